The monoisotopic (exact) mass is 282 g/mol. The van der Waals surface area contributed by atoms with E-state index in [2.05, 4.69) is 12.1 Å². The minimum Gasteiger partial charge on any atom is -0.495 e. The molecule has 0 saturated carbocycles. The molecule has 3 rings (SSSR count). The van der Waals surface area contributed by atoms with Gasteiger partial charge in [0.15, 0.2) is 4.80 Å². The number of nitrogens with zero attached hydrogens (tertiary/aromatic N) is 1. The summed E-state index contributed by atoms with van der Waals surface area (Å²) < 4.78 is 7.22. The molecule has 3 aromatic rings. The van der Waals surface area contributed by atoms with Crippen LogP contribution >= 0.6 is 11.3 Å². The number of nitrogens with one attached hydrogen (secondary N) is 1. The van der Waals surface area contributed by atoms with E-state index in [-0.39, 0.29) is 0 Å². The minimum atomic E-state index is 0.480. The molecule has 0 bridgehead atoms. The number of ether oxygens (including phenoxy) is 1. The van der Waals surface area contributed by atoms with Gasteiger partial charge in [0.2, 0.25) is 0 Å². The zero-order chi connectivity index (χ0) is 13.9. The lowest BCUT2D eigenvalue weighted by atomic mass is 10.2. The summed E-state index contributed by atoms with van der Waals surface area (Å²) in [6.45, 7) is 0. The zero-order valence-corrected chi connectivity index (χ0v) is 11.9. The second-order valence-electron chi connectivity index (χ2n) is 4.31. The average molecular weight is 282 g/mol. The quantitative estimate of drug-likeness (QED) is 0.781. The Morgan fingerprint density at radius 2 is 1.70 bits per heavy atom. The Morgan fingerprint density at radius 1 is 1.00 bits per heavy atom. The molecule has 4 heteroatoms. The molecule has 100 valence electrons. The molecule has 2 aromatic carbocycles. The van der Waals surface area contributed by atoms with E-state index in [1.807, 2.05) is 53.2 Å². The van der Waals surface area contributed by atoms with Crippen molar-refractivity contribution in [3.8, 4) is 21.9 Å². The molecule has 1 aromatic heterocycles. The highest BCUT2D eigenvalue weighted by molar-refractivity contribution is 7.12. The standard InChI is InChI=1S/C16H14N2OS/c1-19-14-10-6-5-9-13(14)18-11-15(20-16(18)17)12-7-3-2-4-8-12/h2-11,17H,1H3. The van der Waals surface area contributed by atoms with Crippen LogP contribution in [0.25, 0.3) is 16.1 Å². The van der Waals surface area contributed by atoms with Crippen LogP contribution in [0.15, 0.2) is 60.8 Å². The lowest BCUT2D eigenvalue weighted by Gasteiger charge is -2.08. The van der Waals surface area contributed by atoms with E-state index >= 15 is 0 Å². The highest BCUT2D eigenvalue weighted by Crippen LogP contribution is 2.26. The molecule has 0 atom stereocenters. The largest absolute Gasteiger partial charge is 0.495 e. The van der Waals surface area contributed by atoms with Crippen LogP contribution in [0.3, 0.4) is 0 Å². The van der Waals surface area contributed by atoms with Gasteiger partial charge in [-0.3, -0.25) is 9.98 Å². The van der Waals surface area contributed by atoms with Crippen molar-refractivity contribution in [2.24, 2.45) is 0 Å². The van der Waals surface area contributed by atoms with Gasteiger partial charge in [0.25, 0.3) is 0 Å². The fourth-order valence-corrected chi connectivity index (χ4v) is 2.97. The van der Waals surface area contributed by atoms with Gasteiger partial charge in [0, 0.05) is 6.20 Å². The number of para-hydroxylation sites is 2. The first-order valence-corrected chi connectivity index (χ1v) is 7.07. The Balaban J connectivity index is 2.13. The third-order valence-electron chi connectivity index (χ3n) is 3.07. The van der Waals surface area contributed by atoms with Gasteiger partial charge in [-0.15, -0.1) is 0 Å². The lowest BCUT2D eigenvalue weighted by molar-refractivity contribution is 0.412. The predicted molar refractivity (Wildman–Crippen MR) is 81.5 cm³/mol. The van der Waals surface area contributed by atoms with E-state index in [0.717, 1.165) is 21.9 Å². The molecular formula is C16H14N2OS. The van der Waals surface area contributed by atoms with Crippen molar-refractivity contribution in [1.29, 1.82) is 5.41 Å². The van der Waals surface area contributed by atoms with Crippen molar-refractivity contribution >= 4 is 11.3 Å². The van der Waals surface area contributed by atoms with Gasteiger partial charge in [-0.1, -0.05) is 53.8 Å². The molecular weight excluding hydrogens is 268 g/mol. The van der Waals surface area contributed by atoms with Crippen LogP contribution < -0.4 is 9.54 Å². The number of aromatic nitrogens is 1. The van der Waals surface area contributed by atoms with Crippen molar-refractivity contribution in [3.05, 3.63) is 65.6 Å². The van der Waals surface area contributed by atoms with Crippen molar-refractivity contribution in [3.63, 3.8) is 0 Å². The van der Waals surface area contributed by atoms with Gasteiger partial charge in [0.1, 0.15) is 5.75 Å². The summed E-state index contributed by atoms with van der Waals surface area (Å²) in [7, 11) is 1.65. The topological polar surface area (TPSA) is 38.0 Å². The Bertz CT molecular complexity index is 774. The van der Waals surface area contributed by atoms with Crippen molar-refractivity contribution in [2.75, 3.05) is 7.11 Å². The first-order chi connectivity index (χ1) is 9.79. The van der Waals surface area contributed by atoms with Gasteiger partial charge in [-0.2, -0.15) is 0 Å². The maximum Gasteiger partial charge on any atom is 0.187 e. The maximum absolute atomic E-state index is 8.18. The molecule has 3 nitrogen and oxygen atoms in total. The number of methoxy groups -OCH3 is 1. The smallest absolute Gasteiger partial charge is 0.187 e. The van der Waals surface area contributed by atoms with Crippen LogP contribution in [0, 0.1) is 5.41 Å². The van der Waals surface area contributed by atoms with Gasteiger partial charge >= 0.3 is 0 Å². The third kappa shape index (κ3) is 2.26. The summed E-state index contributed by atoms with van der Waals surface area (Å²) in [6.07, 6.45) is 1.99. The zero-order valence-electron chi connectivity index (χ0n) is 11.0. The summed E-state index contributed by atoms with van der Waals surface area (Å²) in [5, 5.41) is 8.18. The summed E-state index contributed by atoms with van der Waals surface area (Å²) >= 11 is 1.46. The third-order valence-corrected chi connectivity index (χ3v) is 4.03. The molecule has 0 saturated heterocycles. The molecule has 1 heterocycles. The second kappa shape index (κ2) is 5.35. The first kappa shape index (κ1) is 12.7. The highest BCUT2D eigenvalue weighted by atomic mass is 32.1. The van der Waals surface area contributed by atoms with Crippen molar-refractivity contribution < 1.29 is 4.74 Å². The van der Waals surface area contributed by atoms with E-state index < -0.39 is 0 Å². The van der Waals surface area contributed by atoms with Crippen LogP contribution in [-0.2, 0) is 0 Å². The lowest BCUT2D eigenvalue weighted by Crippen LogP contribution is -2.10. The molecule has 0 amide bonds. The van der Waals surface area contributed by atoms with E-state index in [9.17, 15) is 0 Å². The van der Waals surface area contributed by atoms with Crippen LogP contribution in [-0.4, -0.2) is 11.7 Å². The SMILES string of the molecule is COc1ccccc1-n1cc(-c2ccccc2)sc1=N. The summed E-state index contributed by atoms with van der Waals surface area (Å²) in [5.41, 5.74) is 2.01. The highest BCUT2D eigenvalue weighted by Gasteiger charge is 2.09. The average Bonchev–Trinajstić information content (AvgIpc) is 2.90. The summed E-state index contributed by atoms with van der Waals surface area (Å²) in [5.74, 6) is 0.767. The van der Waals surface area contributed by atoms with Gasteiger partial charge in [0.05, 0.1) is 17.7 Å². The Labute approximate surface area is 121 Å². The van der Waals surface area contributed by atoms with E-state index in [1.54, 1.807) is 7.11 Å². The number of benzene rings is 2. The molecule has 0 unspecified atom stereocenters. The summed E-state index contributed by atoms with van der Waals surface area (Å²) in [6, 6.07) is 17.8. The number of thiazole rings is 1. The normalized spacial score (nSPS) is 10.4. The molecule has 0 aliphatic carbocycles. The predicted octanol–water partition coefficient (Wildman–Crippen LogP) is 3.69. The van der Waals surface area contributed by atoms with E-state index in [0.29, 0.717) is 4.80 Å². The fraction of sp³-hybridized carbons (Fsp3) is 0.0625. The van der Waals surface area contributed by atoms with Crippen LogP contribution in [0.1, 0.15) is 0 Å². The van der Waals surface area contributed by atoms with Crippen LogP contribution in [0.4, 0.5) is 0 Å². The Hall–Kier alpha value is -2.33. The Kier molecular flexibility index (Phi) is 3.39. The maximum atomic E-state index is 8.18. The van der Waals surface area contributed by atoms with E-state index in [4.69, 9.17) is 10.1 Å². The van der Waals surface area contributed by atoms with E-state index in [1.165, 1.54) is 11.3 Å². The second-order valence-corrected chi connectivity index (χ2v) is 5.34. The molecule has 0 spiro atoms. The minimum absolute atomic E-state index is 0.480. The molecule has 0 aliphatic heterocycles. The molecule has 0 aliphatic rings. The number of rotatable bonds is 3. The first-order valence-electron chi connectivity index (χ1n) is 6.25. The molecule has 20 heavy (non-hydrogen) atoms. The molecule has 1 N–H and O–H groups in total. The fourth-order valence-electron chi connectivity index (χ4n) is 2.10. The summed E-state index contributed by atoms with van der Waals surface area (Å²) in [4.78, 5) is 1.55. The molecule has 0 radical (unpaired) electrons. The molecule has 0 fully saturated rings. The van der Waals surface area contributed by atoms with Crippen molar-refractivity contribution in [1.82, 2.24) is 4.57 Å². The van der Waals surface area contributed by atoms with Crippen molar-refractivity contribution in [2.45, 2.75) is 0 Å². The van der Waals surface area contributed by atoms with Gasteiger partial charge < -0.3 is 4.74 Å². The number of hydrogen-bond acceptors (Lipinski definition) is 3. The Morgan fingerprint density at radius 3 is 2.45 bits per heavy atom. The van der Waals surface area contributed by atoms with Crippen LogP contribution in [0.2, 0.25) is 0 Å². The van der Waals surface area contributed by atoms with Gasteiger partial charge in [-0.05, 0) is 17.7 Å². The van der Waals surface area contributed by atoms with Gasteiger partial charge in [-0.25, -0.2) is 0 Å². The number of hydrogen-bond donors (Lipinski definition) is 1. The van der Waals surface area contributed by atoms with Crippen LogP contribution in [0.5, 0.6) is 5.75 Å².